The Bertz CT molecular complexity index is 555. The summed E-state index contributed by atoms with van der Waals surface area (Å²) in [5.41, 5.74) is 7.96. The first-order valence-electron chi connectivity index (χ1n) is 8.73. The number of nitrogens with two attached hydrogens (primary N) is 1. The maximum absolute atomic E-state index is 11.0. The van der Waals surface area contributed by atoms with Gasteiger partial charge in [0.15, 0.2) is 5.96 Å². The van der Waals surface area contributed by atoms with E-state index in [1.165, 1.54) is 31.9 Å². The second-order valence-corrected chi connectivity index (χ2v) is 6.21. The molecule has 1 aromatic rings. The Morgan fingerprint density at radius 1 is 1.38 bits per heavy atom. The van der Waals surface area contributed by atoms with E-state index in [4.69, 9.17) is 5.73 Å². The number of likely N-dealkylation sites (tertiary alicyclic amines) is 1. The molecule has 6 nitrogen and oxygen atoms in total. The van der Waals surface area contributed by atoms with Crippen LogP contribution in [0.15, 0.2) is 29.3 Å². The number of nitrogens with zero attached hydrogens (tertiary/aromatic N) is 2. The molecule has 1 aliphatic rings. The average Bonchev–Trinajstić information content (AvgIpc) is 3.01. The lowest BCUT2D eigenvalue weighted by Crippen LogP contribution is -2.36. The number of carbonyl (C=O) groups excluding carboxylic acids is 1. The lowest BCUT2D eigenvalue weighted by Gasteiger charge is -2.20. The molecule has 1 aromatic carbocycles. The number of amides is 1. The maximum atomic E-state index is 11.0. The van der Waals surface area contributed by atoms with Gasteiger partial charge in [0.25, 0.3) is 0 Å². The topological polar surface area (TPSA) is 82.8 Å². The second-order valence-electron chi connectivity index (χ2n) is 6.21. The fourth-order valence-corrected chi connectivity index (χ4v) is 3.07. The average molecular weight is 331 g/mol. The number of hydrogen-bond acceptors (Lipinski definition) is 3. The van der Waals surface area contributed by atoms with Gasteiger partial charge in [-0.2, -0.15) is 0 Å². The Morgan fingerprint density at radius 2 is 2.12 bits per heavy atom. The second kappa shape index (κ2) is 9.27. The van der Waals surface area contributed by atoms with Gasteiger partial charge in [-0.05, 0) is 50.0 Å². The van der Waals surface area contributed by atoms with Crippen LogP contribution in [0.3, 0.4) is 0 Å². The van der Waals surface area contributed by atoms with Crippen molar-refractivity contribution in [3.05, 3.63) is 29.8 Å². The summed E-state index contributed by atoms with van der Waals surface area (Å²) in [4.78, 5) is 17.9. The molecule has 24 heavy (non-hydrogen) atoms. The molecule has 132 valence electrons. The summed E-state index contributed by atoms with van der Waals surface area (Å²) >= 11 is 0. The van der Waals surface area contributed by atoms with Gasteiger partial charge in [-0.15, -0.1) is 0 Å². The zero-order valence-corrected chi connectivity index (χ0v) is 14.7. The molecule has 0 aromatic heterocycles. The number of rotatable bonds is 7. The van der Waals surface area contributed by atoms with Crippen LogP contribution < -0.4 is 16.4 Å². The summed E-state index contributed by atoms with van der Waals surface area (Å²) in [7, 11) is 0. The molecule has 1 amide bonds. The molecule has 4 N–H and O–H groups in total. The monoisotopic (exact) mass is 331 g/mol. The molecule has 0 bridgehead atoms. The van der Waals surface area contributed by atoms with E-state index in [2.05, 4.69) is 27.4 Å². The Hall–Kier alpha value is -2.08. The number of likely N-dealkylation sites (N-methyl/N-ethyl adjacent to an activating group) is 1. The summed E-state index contributed by atoms with van der Waals surface area (Å²) in [6, 6.07) is 8.38. The number of hydrogen-bond donors (Lipinski definition) is 3. The van der Waals surface area contributed by atoms with Crippen molar-refractivity contribution in [1.29, 1.82) is 0 Å². The lowest BCUT2D eigenvalue weighted by atomic mass is 10.1. The van der Waals surface area contributed by atoms with Crippen molar-refractivity contribution in [1.82, 2.24) is 10.2 Å². The van der Waals surface area contributed by atoms with Crippen molar-refractivity contribution in [2.24, 2.45) is 10.7 Å². The van der Waals surface area contributed by atoms with Gasteiger partial charge in [0.05, 0.1) is 6.54 Å². The van der Waals surface area contributed by atoms with Crippen molar-refractivity contribution in [3.63, 3.8) is 0 Å². The fourth-order valence-electron chi connectivity index (χ4n) is 3.07. The number of nitrogens with one attached hydrogen (secondary N) is 2. The number of anilines is 1. The summed E-state index contributed by atoms with van der Waals surface area (Å²) in [5.74, 6) is 0.463. The first-order valence-corrected chi connectivity index (χ1v) is 8.73. The molecule has 2 rings (SSSR count). The van der Waals surface area contributed by atoms with Crippen LogP contribution in [0.4, 0.5) is 5.69 Å². The highest BCUT2D eigenvalue weighted by molar-refractivity contribution is 5.88. The van der Waals surface area contributed by atoms with E-state index in [0.717, 1.165) is 31.7 Å². The minimum atomic E-state index is -0.0581. The van der Waals surface area contributed by atoms with E-state index >= 15 is 0 Å². The van der Waals surface area contributed by atoms with E-state index in [9.17, 15) is 4.79 Å². The van der Waals surface area contributed by atoms with Crippen LogP contribution in [0, 0.1) is 0 Å². The normalized spacial score (nSPS) is 18.6. The summed E-state index contributed by atoms with van der Waals surface area (Å²) in [6.07, 6.45) is 3.34. The van der Waals surface area contributed by atoms with E-state index < -0.39 is 0 Å². The van der Waals surface area contributed by atoms with Gasteiger partial charge < -0.3 is 16.4 Å². The van der Waals surface area contributed by atoms with Crippen LogP contribution in [-0.4, -0.2) is 49.0 Å². The molecule has 0 saturated carbocycles. The maximum Gasteiger partial charge on any atom is 0.221 e. The molecule has 6 heteroatoms. The van der Waals surface area contributed by atoms with Crippen LogP contribution in [0.1, 0.15) is 32.3 Å². The first-order chi connectivity index (χ1) is 11.6. The Morgan fingerprint density at radius 3 is 2.79 bits per heavy atom. The van der Waals surface area contributed by atoms with Crippen LogP contribution >= 0.6 is 0 Å². The van der Waals surface area contributed by atoms with Gasteiger partial charge in [0.2, 0.25) is 5.91 Å². The van der Waals surface area contributed by atoms with Crippen LogP contribution in [0.5, 0.6) is 0 Å². The van der Waals surface area contributed by atoms with Crippen molar-refractivity contribution in [3.8, 4) is 0 Å². The van der Waals surface area contributed by atoms with Crippen molar-refractivity contribution in [2.45, 2.75) is 39.2 Å². The summed E-state index contributed by atoms with van der Waals surface area (Å²) in [6.45, 7) is 7.49. The molecule has 1 atom stereocenters. The quantitative estimate of drug-likeness (QED) is 0.523. The van der Waals surface area contributed by atoms with Crippen molar-refractivity contribution >= 4 is 17.6 Å². The fraction of sp³-hybridized carbons (Fsp3) is 0.556. The first kappa shape index (κ1) is 18.3. The zero-order valence-electron chi connectivity index (χ0n) is 14.7. The van der Waals surface area contributed by atoms with Gasteiger partial charge in [0.1, 0.15) is 0 Å². The highest BCUT2D eigenvalue weighted by Gasteiger charge is 2.22. The molecule has 0 aliphatic carbocycles. The largest absolute Gasteiger partial charge is 0.370 e. The van der Waals surface area contributed by atoms with E-state index in [0.29, 0.717) is 12.0 Å². The Balaban J connectivity index is 1.71. The number of guanidine groups is 1. The highest BCUT2D eigenvalue weighted by atomic mass is 16.1. The van der Waals surface area contributed by atoms with E-state index in [-0.39, 0.29) is 5.91 Å². The number of aliphatic imine (C=N–C) groups is 1. The van der Waals surface area contributed by atoms with Gasteiger partial charge in [0, 0.05) is 25.2 Å². The molecule has 1 unspecified atom stereocenters. The minimum absolute atomic E-state index is 0.0581. The lowest BCUT2D eigenvalue weighted by molar-refractivity contribution is -0.114. The zero-order chi connectivity index (χ0) is 17.4. The van der Waals surface area contributed by atoms with Crippen LogP contribution in [0.25, 0.3) is 0 Å². The van der Waals surface area contributed by atoms with Crippen LogP contribution in [-0.2, 0) is 11.2 Å². The van der Waals surface area contributed by atoms with Gasteiger partial charge in [-0.3, -0.25) is 14.7 Å². The molecule has 1 heterocycles. The molecule has 1 aliphatic heterocycles. The van der Waals surface area contributed by atoms with Gasteiger partial charge in [-0.1, -0.05) is 19.1 Å². The predicted molar refractivity (Wildman–Crippen MR) is 99.2 cm³/mol. The number of benzene rings is 1. The van der Waals surface area contributed by atoms with Gasteiger partial charge >= 0.3 is 0 Å². The third kappa shape index (κ3) is 5.85. The van der Waals surface area contributed by atoms with E-state index in [1.54, 1.807) is 0 Å². The van der Waals surface area contributed by atoms with Gasteiger partial charge in [-0.25, -0.2) is 0 Å². The van der Waals surface area contributed by atoms with Crippen LogP contribution in [0.2, 0.25) is 0 Å². The Labute approximate surface area is 144 Å². The molecule has 1 saturated heterocycles. The smallest absolute Gasteiger partial charge is 0.221 e. The molecule has 0 spiro atoms. The summed E-state index contributed by atoms with van der Waals surface area (Å²) < 4.78 is 0. The summed E-state index contributed by atoms with van der Waals surface area (Å²) in [5, 5.41) is 5.93. The highest BCUT2D eigenvalue weighted by Crippen LogP contribution is 2.16. The predicted octanol–water partition coefficient (Wildman–Crippen LogP) is 1.58. The van der Waals surface area contributed by atoms with E-state index in [1.807, 2.05) is 24.3 Å². The molecule has 0 radical (unpaired) electrons. The third-order valence-corrected chi connectivity index (χ3v) is 4.37. The molecule has 1 fully saturated rings. The third-order valence-electron chi connectivity index (χ3n) is 4.37. The standard InChI is InChI=1S/C18H29N5O/c1-3-23-12-4-5-17(23)13-21-18(19)20-11-10-15-6-8-16(9-7-15)22-14(2)24/h6-9,17H,3-5,10-13H2,1-2H3,(H,22,24)(H3,19,20,21). The van der Waals surface area contributed by atoms with Crippen molar-refractivity contribution in [2.75, 3.05) is 31.5 Å². The molecular weight excluding hydrogens is 302 g/mol. The molecular formula is C18H29N5O. The minimum Gasteiger partial charge on any atom is -0.370 e. The van der Waals surface area contributed by atoms with Crippen molar-refractivity contribution < 1.29 is 4.79 Å². The number of carbonyl (C=O) groups is 1. The SMILES string of the molecule is CCN1CCCC1CN=C(N)NCCc1ccc(NC(C)=O)cc1. The Kier molecular flexibility index (Phi) is 7.06.